The maximum absolute atomic E-state index is 4.57. The molecule has 2 nitrogen and oxygen atoms in total. The highest BCUT2D eigenvalue weighted by molar-refractivity contribution is 9.08. The van der Waals surface area contributed by atoms with E-state index in [1.807, 2.05) is 6.20 Å². The van der Waals surface area contributed by atoms with E-state index in [1.54, 1.807) is 0 Å². The van der Waals surface area contributed by atoms with Crippen molar-refractivity contribution in [2.75, 3.05) is 0 Å². The Morgan fingerprint density at radius 2 is 2.20 bits per heavy atom. The van der Waals surface area contributed by atoms with Gasteiger partial charge in [-0.05, 0) is 19.3 Å². The second-order valence-electron chi connectivity index (χ2n) is 4.38. The Bertz CT molecular complexity index is 313. The van der Waals surface area contributed by atoms with Crippen LogP contribution in [0.3, 0.4) is 0 Å². The molecule has 0 saturated heterocycles. The van der Waals surface area contributed by atoms with Crippen molar-refractivity contribution < 1.29 is 0 Å². The summed E-state index contributed by atoms with van der Waals surface area (Å²) in [6.07, 6.45) is 9.80. The maximum atomic E-state index is 4.57. The van der Waals surface area contributed by atoms with Crippen molar-refractivity contribution in [1.29, 1.82) is 0 Å². The molecule has 1 aromatic rings. The Morgan fingerprint density at radius 3 is 2.80 bits per heavy atom. The Kier molecular flexibility index (Phi) is 3.84. The van der Waals surface area contributed by atoms with E-state index in [9.17, 15) is 0 Å². The molecule has 2 rings (SSSR count). The third kappa shape index (κ3) is 2.27. The molecule has 1 aliphatic rings. The molecule has 1 saturated carbocycles. The second-order valence-corrected chi connectivity index (χ2v) is 4.94. The number of aromatic nitrogens is 2. The van der Waals surface area contributed by atoms with Crippen LogP contribution in [-0.2, 0) is 11.8 Å². The second kappa shape index (κ2) is 5.15. The highest BCUT2D eigenvalue weighted by Crippen LogP contribution is 2.31. The van der Waals surface area contributed by atoms with Crippen LogP contribution in [0.15, 0.2) is 6.20 Å². The molecular formula is C12H19BrN2. The van der Waals surface area contributed by atoms with Gasteiger partial charge >= 0.3 is 0 Å². The fourth-order valence-corrected chi connectivity index (χ4v) is 2.98. The van der Waals surface area contributed by atoms with Crippen LogP contribution in [-0.4, -0.2) is 9.78 Å². The molecular weight excluding hydrogens is 252 g/mol. The fraction of sp³-hybridized carbons (Fsp3) is 0.750. The smallest absolute Gasteiger partial charge is 0.0533 e. The topological polar surface area (TPSA) is 17.8 Å². The standard InChI is InChI=1S/C12H19BrN2/c1-2-5-12-10(8-13)9-14-15(12)11-6-3-4-7-11/h9,11H,2-8H2,1H3. The fourth-order valence-electron chi connectivity index (χ4n) is 2.51. The van der Waals surface area contributed by atoms with E-state index in [4.69, 9.17) is 0 Å². The Balaban J connectivity index is 2.24. The van der Waals surface area contributed by atoms with Crippen molar-refractivity contribution in [3.63, 3.8) is 0 Å². The summed E-state index contributed by atoms with van der Waals surface area (Å²) in [7, 11) is 0. The van der Waals surface area contributed by atoms with Crippen LogP contribution >= 0.6 is 15.9 Å². The highest BCUT2D eigenvalue weighted by atomic mass is 79.9. The minimum absolute atomic E-state index is 0.680. The summed E-state index contributed by atoms with van der Waals surface area (Å²) < 4.78 is 2.30. The molecule has 0 N–H and O–H groups in total. The summed E-state index contributed by atoms with van der Waals surface area (Å²) in [6, 6.07) is 0.680. The number of hydrogen-bond donors (Lipinski definition) is 0. The van der Waals surface area contributed by atoms with Crippen LogP contribution in [0.4, 0.5) is 0 Å². The molecule has 0 radical (unpaired) electrons. The van der Waals surface area contributed by atoms with Crippen LogP contribution in [0.1, 0.15) is 56.3 Å². The van der Waals surface area contributed by atoms with Gasteiger partial charge in [-0.3, -0.25) is 4.68 Å². The third-order valence-corrected chi connectivity index (χ3v) is 3.89. The first-order valence-corrected chi connectivity index (χ1v) is 7.10. The van der Waals surface area contributed by atoms with Gasteiger partial charge < -0.3 is 0 Å². The van der Waals surface area contributed by atoms with E-state index < -0.39 is 0 Å². The normalized spacial score (nSPS) is 17.5. The van der Waals surface area contributed by atoms with Crippen molar-refractivity contribution >= 4 is 15.9 Å². The zero-order valence-corrected chi connectivity index (χ0v) is 11.0. The summed E-state index contributed by atoms with van der Waals surface area (Å²) in [5.41, 5.74) is 2.84. The van der Waals surface area contributed by atoms with Gasteiger partial charge in [0.05, 0.1) is 12.2 Å². The molecule has 0 bridgehead atoms. The van der Waals surface area contributed by atoms with Gasteiger partial charge in [-0.1, -0.05) is 42.1 Å². The molecule has 1 aromatic heterocycles. The van der Waals surface area contributed by atoms with E-state index in [2.05, 4.69) is 32.6 Å². The van der Waals surface area contributed by atoms with Crippen LogP contribution < -0.4 is 0 Å². The number of alkyl halides is 1. The summed E-state index contributed by atoms with van der Waals surface area (Å²) in [5.74, 6) is 0. The van der Waals surface area contributed by atoms with Gasteiger partial charge in [-0.15, -0.1) is 0 Å². The molecule has 0 spiro atoms. The SMILES string of the molecule is CCCc1c(CBr)cnn1C1CCCC1. The molecule has 0 atom stereocenters. The lowest BCUT2D eigenvalue weighted by molar-refractivity contribution is 0.448. The number of hydrogen-bond acceptors (Lipinski definition) is 1. The molecule has 1 aliphatic carbocycles. The minimum Gasteiger partial charge on any atom is -0.266 e. The van der Waals surface area contributed by atoms with Crippen molar-refractivity contribution in [3.8, 4) is 0 Å². The predicted octanol–water partition coefficient (Wildman–Crippen LogP) is 3.85. The zero-order chi connectivity index (χ0) is 10.7. The average molecular weight is 271 g/mol. The average Bonchev–Trinajstić information content (AvgIpc) is 2.85. The van der Waals surface area contributed by atoms with Crippen LogP contribution in [0.2, 0.25) is 0 Å². The Morgan fingerprint density at radius 1 is 1.47 bits per heavy atom. The molecule has 0 aliphatic heterocycles. The first kappa shape index (κ1) is 11.2. The van der Waals surface area contributed by atoms with Crippen LogP contribution in [0, 0.1) is 0 Å². The van der Waals surface area contributed by atoms with Gasteiger partial charge in [-0.2, -0.15) is 5.10 Å². The lowest BCUT2D eigenvalue weighted by Gasteiger charge is -2.14. The van der Waals surface area contributed by atoms with E-state index in [-0.39, 0.29) is 0 Å². The molecule has 3 heteroatoms. The lowest BCUT2D eigenvalue weighted by atomic mass is 10.1. The molecule has 1 heterocycles. The molecule has 15 heavy (non-hydrogen) atoms. The van der Waals surface area contributed by atoms with Gasteiger partial charge in [0.2, 0.25) is 0 Å². The van der Waals surface area contributed by atoms with Gasteiger partial charge in [0.1, 0.15) is 0 Å². The summed E-state index contributed by atoms with van der Waals surface area (Å²) in [5, 5.41) is 5.51. The number of halogens is 1. The van der Waals surface area contributed by atoms with Gasteiger partial charge in [0.25, 0.3) is 0 Å². The Labute approximate surface area is 100 Å². The van der Waals surface area contributed by atoms with Crippen molar-refractivity contribution in [3.05, 3.63) is 17.5 Å². The quantitative estimate of drug-likeness (QED) is 0.761. The summed E-state index contributed by atoms with van der Waals surface area (Å²) in [4.78, 5) is 0. The van der Waals surface area contributed by atoms with Gasteiger partial charge in [0.15, 0.2) is 0 Å². The van der Waals surface area contributed by atoms with Crippen LogP contribution in [0.5, 0.6) is 0 Å². The monoisotopic (exact) mass is 270 g/mol. The van der Waals surface area contributed by atoms with E-state index >= 15 is 0 Å². The van der Waals surface area contributed by atoms with Crippen molar-refractivity contribution in [1.82, 2.24) is 9.78 Å². The lowest BCUT2D eigenvalue weighted by Crippen LogP contribution is -2.11. The largest absolute Gasteiger partial charge is 0.266 e. The molecule has 0 amide bonds. The van der Waals surface area contributed by atoms with Crippen molar-refractivity contribution in [2.45, 2.75) is 56.8 Å². The molecule has 1 fully saturated rings. The predicted molar refractivity (Wildman–Crippen MR) is 66.4 cm³/mol. The van der Waals surface area contributed by atoms with Gasteiger partial charge in [0, 0.05) is 16.6 Å². The van der Waals surface area contributed by atoms with Crippen molar-refractivity contribution in [2.24, 2.45) is 0 Å². The summed E-state index contributed by atoms with van der Waals surface area (Å²) >= 11 is 3.55. The first-order chi connectivity index (χ1) is 7.36. The van der Waals surface area contributed by atoms with E-state index in [0.717, 1.165) is 11.8 Å². The van der Waals surface area contributed by atoms with E-state index in [1.165, 1.54) is 43.4 Å². The molecule has 0 aromatic carbocycles. The van der Waals surface area contributed by atoms with Gasteiger partial charge in [-0.25, -0.2) is 0 Å². The summed E-state index contributed by atoms with van der Waals surface area (Å²) in [6.45, 7) is 2.24. The zero-order valence-electron chi connectivity index (χ0n) is 9.38. The van der Waals surface area contributed by atoms with Crippen LogP contribution in [0.25, 0.3) is 0 Å². The number of nitrogens with zero attached hydrogens (tertiary/aromatic N) is 2. The molecule has 0 unspecified atom stereocenters. The highest BCUT2D eigenvalue weighted by Gasteiger charge is 2.21. The maximum Gasteiger partial charge on any atom is 0.0533 e. The number of rotatable bonds is 4. The molecule has 84 valence electrons. The Hall–Kier alpha value is -0.310. The minimum atomic E-state index is 0.680. The third-order valence-electron chi connectivity index (χ3n) is 3.29. The first-order valence-electron chi connectivity index (χ1n) is 5.98. The van der Waals surface area contributed by atoms with E-state index in [0.29, 0.717) is 6.04 Å².